The number of hydrogen-bond donors (Lipinski definition) is 0. The van der Waals surface area contributed by atoms with Crippen molar-refractivity contribution in [1.29, 1.82) is 0 Å². The molecule has 3 heterocycles. The topological polar surface area (TPSA) is 9.72 Å². The van der Waals surface area contributed by atoms with Gasteiger partial charge in [-0.1, -0.05) is 142 Å². The fourth-order valence-electron chi connectivity index (χ4n) is 14.1. The minimum atomic E-state index is -0.0764. The number of hydrogen-bond acceptors (Lipinski definition) is 3. The Morgan fingerprint density at radius 2 is 0.922 bits per heavy atom. The van der Waals surface area contributed by atoms with Gasteiger partial charge in [-0.15, -0.1) is 0 Å². The van der Waals surface area contributed by atoms with Gasteiger partial charge in [0, 0.05) is 50.9 Å². The molecule has 6 aromatic rings. The summed E-state index contributed by atoms with van der Waals surface area (Å²) in [5.74, 6) is 0. The van der Waals surface area contributed by atoms with Crippen LogP contribution in [-0.4, -0.2) is 12.3 Å². The smallest absolute Gasteiger partial charge is 0.252 e. The molecule has 0 saturated heterocycles. The molecular formula is C60H66BN3. The van der Waals surface area contributed by atoms with E-state index < -0.39 is 0 Å². The van der Waals surface area contributed by atoms with E-state index in [2.05, 4.69) is 205 Å². The molecule has 1 saturated carbocycles. The van der Waals surface area contributed by atoms with Gasteiger partial charge in [0.25, 0.3) is 6.71 Å². The molecule has 0 aromatic heterocycles. The molecule has 0 amide bonds. The Kier molecular flexibility index (Phi) is 8.32. The van der Waals surface area contributed by atoms with Gasteiger partial charge in [0.2, 0.25) is 0 Å². The second-order valence-electron chi connectivity index (χ2n) is 23.8. The van der Waals surface area contributed by atoms with E-state index in [4.69, 9.17) is 0 Å². The molecule has 2 atom stereocenters. The van der Waals surface area contributed by atoms with Crippen LogP contribution in [0, 0.1) is 0 Å². The van der Waals surface area contributed by atoms with Gasteiger partial charge in [0.15, 0.2) is 0 Å². The maximum Gasteiger partial charge on any atom is 0.252 e. The summed E-state index contributed by atoms with van der Waals surface area (Å²) in [6.45, 7) is 25.1. The fourth-order valence-corrected chi connectivity index (χ4v) is 14.1. The number of rotatable bonds is 3. The normalized spacial score (nSPS) is 24.7. The molecule has 3 aliphatic carbocycles. The highest BCUT2D eigenvalue weighted by molar-refractivity contribution is 7.00. The van der Waals surface area contributed by atoms with Gasteiger partial charge in [0.05, 0.1) is 5.54 Å². The van der Waals surface area contributed by atoms with E-state index in [1.54, 1.807) is 0 Å². The first kappa shape index (κ1) is 40.3. The minimum Gasteiger partial charge on any atom is -0.334 e. The van der Waals surface area contributed by atoms with Crippen molar-refractivity contribution in [3.63, 3.8) is 0 Å². The Morgan fingerprint density at radius 3 is 1.61 bits per heavy atom. The lowest BCUT2D eigenvalue weighted by atomic mass is 9.33. The zero-order chi connectivity index (χ0) is 44.3. The lowest BCUT2D eigenvalue weighted by Gasteiger charge is -2.51. The van der Waals surface area contributed by atoms with Gasteiger partial charge in [-0.3, -0.25) is 0 Å². The summed E-state index contributed by atoms with van der Waals surface area (Å²) in [5.41, 5.74) is 22.5. The Balaban J connectivity index is 1.22. The van der Waals surface area contributed by atoms with Crippen LogP contribution >= 0.6 is 0 Å². The second kappa shape index (κ2) is 13.2. The van der Waals surface area contributed by atoms with Gasteiger partial charge in [-0.2, -0.15) is 0 Å². The molecule has 6 aliphatic rings. The summed E-state index contributed by atoms with van der Waals surface area (Å²) >= 11 is 0. The van der Waals surface area contributed by atoms with Crippen LogP contribution in [0.4, 0.5) is 45.5 Å². The summed E-state index contributed by atoms with van der Waals surface area (Å²) in [6, 6.07) is 48.1. The third-order valence-corrected chi connectivity index (χ3v) is 18.3. The summed E-state index contributed by atoms with van der Waals surface area (Å²) in [4.78, 5) is 8.15. The van der Waals surface area contributed by atoms with Crippen LogP contribution in [-0.2, 0) is 27.1 Å². The van der Waals surface area contributed by atoms with Crippen molar-refractivity contribution >= 4 is 68.6 Å². The second-order valence-corrected chi connectivity index (χ2v) is 23.8. The van der Waals surface area contributed by atoms with Crippen molar-refractivity contribution in [2.45, 2.75) is 153 Å². The molecule has 64 heavy (non-hydrogen) atoms. The largest absolute Gasteiger partial charge is 0.334 e. The van der Waals surface area contributed by atoms with Gasteiger partial charge in [-0.25, -0.2) is 0 Å². The monoisotopic (exact) mass is 840 g/mol. The fraction of sp³-hybridized carbons (Fsp3) is 0.400. The molecule has 12 rings (SSSR count). The van der Waals surface area contributed by atoms with E-state index in [0.29, 0.717) is 0 Å². The molecule has 3 aliphatic heterocycles. The predicted molar refractivity (Wildman–Crippen MR) is 274 cm³/mol. The molecule has 0 radical (unpaired) electrons. The van der Waals surface area contributed by atoms with Crippen LogP contribution < -0.4 is 31.1 Å². The predicted octanol–water partition coefficient (Wildman–Crippen LogP) is 14.2. The maximum atomic E-state index is 2.81. The molecule has 1 fully saturated rings. The van der Waals surface area contributed by atoms with Crippen molar-refractivity contribution < 1.29 is 0 Å². The van der Waals surface area contributed by atoms with Crippen LogP contribution in [0.3, 0.4) is 0 Å². The number of anilines is 8. The van der Waals surface area contributed by atoms with Gasteiger partial charge >= 0.3 is 0 Å². The Hall–Kier alpha value is -5.22. The van der Waals surface area contributed by atoms with Crippen molar-refractivity contribution in [3.8, 4) is 0 Å². The summed E-state index contributed by atoms with van der Waals surface area (Å²) in [5, 5.41) is 0. The molecule has 3 nitrogen and oxygen atoms in total. The first-order valence-corrected chi connectivity index (χ1v) is 24.6. The Bertz CT molecular complexity index is 2920. The van der Waals surface area contributed by atoms with Crippen LogP contribution in [0.25, 0.3) is 0 Å². The van der Waals surface area contributed by atoms with Crippen LogP contribution in [0.1, 0.15) is 148 Å². The molecule has 0 spiro atoms. The number of fused-ring (bicyclic) bond motifs is 9. The first-order chi connectivity index (χ1) is 30.5. The third kappa shape index (κ3) is 5.35. The van der Waals surface area contributed by atoms with E-state index in [-0.39, 0.29) is 39.3 Å². The Morgan fingerprint density at radius 1 is 0.375 bits per heavy atom. The number of nitrogens with zero attached hydrogens (tertiary/aromatic N) is 3. The zero-order valence-electron chi connectivity index (χ0n) is 40.1. The van der Waals surface area contributed by atoms with Crippen molar-refractivity contribution in [1.82, 2.24) is 0 Å². The van der Waals surface area contributed by atoms with E-state index in [0.717, 1.165) is 6.42 Å². The molecule has 324 valence electrons. The lowest BCUT2D eigenvalue weighted by Crippen LogP contribution is -2.62. The maximum absolute atomic E-state index is 2.81. The van der Waals surface area contributed by atoms with E-state index in [1.807, 2.05) is 0 Å². The highest BCUT2D eigenvalue weighted by Crippen LogP contribution is 2.62. The van der Waals surface area contributed by atoms with Crippen molar-refractivity contribution in [2.24, 2.45) is 0 Å². The van der Waals surface area contributed by atoms with E-state index in [9.17, 15) is 0 Å². The average molecular weight is 840 g/mol. The quantitative estimate of drug-likeness (QED) is 0.164. The van der Waals surface area contributed by atoms with E-state index >= 15 is 0 Å². The molecule has 6 aromatic carbocycles. The van der Waals surface area contributed by atoms with Crippen LogP contribution in [0.15, 0.2) is 121 Å². The minimum absolute atomic E-state index is 0.0455. The van der Waals surface area contributed by atoms with Crippen molar-refractivity contribution in [2.75, 3.05) is 14.7 Å². The Labute approximate surface area is 384 Å². The molecule has 2 unspecified atom stereocenters. The number of benzene rings is 6. The lowest BCUT2D eigenvalue weighted by molar-refractivity contribution is 0.195. The van der Waals surface area contributed by atoms with Crippen LogP contribution in [0.2, 0.25) is 0 Å². The molecule has 0 N–H and O–H groups in total. The average Bonchev–Trinajstić information content (AvgIpc) is 3.49. The molecule has 0 bridgehead atoms. The van der Waals surface area contributed by atoms with Gasteiger partial charge in [0.1, 0.15) is 0 Å². The third-order valence-electron chi connectivity index (χ3n) is 18.3. The summed E-state index contributed by atoms with van der Waals surface area (Å²) < 4.78 is 0. The summed E-state index contributed by atoms with van der Waals surface area (Å²) in [6.07, 6.45) is 9.66. The van der Waals surface area contributed by atoms with Gasteiger partial charge < -0.3 is 14.7 Å². The summed E-state index contributed by atoms with van der Waals surface area (Å²) in [7, 11) is 0. The van der Waals surface area contributed by atoms with Crippen molar-refractivity contribution in [3.05, 3.63) is 149 Å². The first-order valence-electron chi connectivity index (χ1n) is 24.6. The highest BCUT2D eigenvalue weighted by atomic mass is 15.3. The van der Waals surface area contributed by atoms with Gasteiger partial charge in [-0.05, 0) is 166 Å². The molecule has 4 heteroatoms. The molecular weight excluding hydrogens is 773 g/mol. The number of para-hydroxylation sites is 3. The SMILES string of the molecule is CC1(C)CCC(C)(C)c2cc(N3c4cc5c(cc4B4c6ccccc6N(c6ccccc6)c6cc(N7c8ccccc8C8(C)CCCCC78C)cc3c64)C(C)(C)CCC5(C)C)ccc21. The standard InChI is InChI=1S/C60H66BN3/c1-55(2)30-31-56(3,4)44-34-40(26-27-42(44)55)63-51-38-46-45(57(5,6)32-33-58(46,7)8)37-48(51)61-47-23-15-17-25-50(47)62(39-20-12-11-13-21-39)52-35-41(36-53(63)54(52)61)64-49-24-16-14-22-43(49)59(9)28-18-19-29-60(59,64)10/h11-17,20-27,34-38H,18-19,28-33H2,1-10H3. The zero-order valence-corrected chi connectivity index (χ0v) is 40.1. The van der Waals surface area contributed by atoms with E-state index in [1.165, 1.54) is 135 Å². The highest BCUT2D eigenvalue weighted by Gasteiger charge is 2.58. The van der Waals surface area contributed by atoms with Crippen LogP contribution in [0.5, 0.6) is 0 Å².